The third-order valence-corrected chi connectivity index (χ3v) is 5.27. The average molecular weight is 483 g/mol. The monoisotopic (exact) mass is 483 g/mol. The minimum Gasteiger partial charge on any atom is -0.385 e. The maximum Gasteiger partial charge on any atom is 0.191 e. The highest BCUT2D eigenvalue weighted by molar-refractivity contribution is 14.0. The fourth-order valence-corrected chi connectivity index (χ4v) is 3.69. The lowest BCUT2D eigenvalue weighted by atomic mass is 9.83. The number of aliphatic imine (C=N–C) groups is 1. The van der Waals surface area contributed by atoms with Gasteiger partial charge >= 0.3 is 0 Å². The normalized spacial score (nSPS) is 22.2. The molecule has 0 amide bonds. The third kappa shape index (κ3) is 8.71. The molecule has 0 spiro atoms. The summed E-state index contributed by atoms with van der Waals surface area (Å²) in [5.41, 5.74) is 0.337. The van der Waals surface area contributed by atoms with Crippen LogP contribution in [-0.2, 0) is 14.2 Å². The molecular formula is C19H38IN3O3. The van der Waals surface area contributed by atoms with Gasteiger partial charge < -0.3 is 24.8 Å². The number of nitrogens with one attached hydrogen (secondary N) is 2. The molecule has 154 valence electrons. The first-order valence-electron chi connectivity index (χ1n) is 9.98. The molecule has 1 aliphatic carbocycles. The van der Waals surface area contributed by atoms with Gasteiger partial charge in [-0.25, -0.2) is 0 Å². The SMILES string of the molecule is CCNC(=NCC1(CCOC)CCCC1)NCCCOC1CCOC1.I. The molecule has 1 saturated heterocycles. The lowest BCUT2D eigenvalue weighted by Crippen LogP contribution is -2.39. The largest absolute Gasteiger partial charge is 0.385 e. The van der Waals surface area contributed by atoms with Crippen LogP contribution in [-0.4, -0.2) is 65.2 Å². The predicted octanol–water partition coefficient (Wildman–Crippen LogP) is 2.95. The van der Waals surface area contributed by atoms with Crippen LogP contribution in [0.15, 0.2) is 4.99 Å². The Labute approximate surface area is 176 Å². The van der Waals surface area contributed by atoms with E-state index in [9.17, 15) is 0 Å². The molecule has 2 rings (SSSR count). The Morgan fingerprint density at radius 3 is 2.69 bits per heavy atom. The van der Waals surface area contributed by atoms with Crippen molar-refractivity contribution in [2.24, 2.45) is 10.4 Å². The van der Waals surface area contributed by atoms with Gasteiger partial charge in [-0.3, -0.25) is 4.99 Å². The van der Waals surface area contributed by atoms with Crippen LogP contribution in [0.25, 0.3) is 0 Å². The van der Waals surface area contributed by atoms with Crippen molar-refractivity contribution in [3.8, 4) is 0 Å². The van der Waals surface area contributed by atoms with Crippen molar-refractivity contribution in [1.29, 1.82) is 0 Å². The Morgan fingerprint density at radius 1 is 1.23 bits per heavy atom. The molecule has 0 aromatic rings. The molecule has 6 nitrogen and oxygen atoms in total. The van der Waals surface area contributed by atoms with Crippen LogP contribution in [0.3, 0.4) is 0 Å². The molecule has 2 aliphatic rings. The number of halogens is 1. The van der Waals surface area contributed by atoms with Gasteiger partial charge in [0, 0.05) is 46.6 Å². The summed E-state index contributed by atoms with van der Waals surface area (Å²) in [7, 11) is 1.79. The molecule has 0 bridgehead atoms. The van der Waals surface area contributed by atoms with Gasteiger partial charge in [-0.05, 0) is 44.4 Å². The van der Waals surface area contributed by atoms with E-state index in [0.29, 0.717) is 11.5 Å². The van der Waals surface area contributed by atoms with Gasteiger partial charge in [0.1, 0.15) is 0 Å². The predicted molar refractivity (Wildman–Crippen MR) is 117 cm³/mol. The van der Waals surface area contributed by atoms with E-state index in [1.165, 1.54) is 25.7 Å². The standard InChI is InChI=1S/C19H37N3O3.HI/c1-3-20-18(21-11-6-12-25-17-7-13-24-15-17)22-16-19(10-14-23-2)8-4-5-9-19;/h17H,3-16H2,1-2H3,(H2,20,21,22);1H. The van der Waals surface area contributed by atoms with E-state index in [2.05, 4.69) is 17.6 Å². The second-order valence-corrected chi connectivity index (χ2v) is 7.28. The Morgan fingerprint density at radius 2 is 2.04 bits per heavy atom. The van der Waals surface area contributed by atoms with Crippen LogP contribution >= 0.6 is 24.0 Å². The first kappa shape index (κ1) is 23.9. The average Bonchev–Trinajstić information content (AvgIpc) is 3.30. The lowest BCUT2D eigenvalue weighted by Gasteiger charge is -2.27. The maximum atomic E-state index is 5.81. The summed E-state index contributed by atoms with van der Waals surface area (Å²) in [6.07, 6.45) is 8.62. The molecule has 1 unspecified atom stereocenters. The highest BCUT2D eigenvalue weighted by atomic mass is 127. The number of hydrogen-bond acceptors (Lipinski definition) is 4. The number of ether oxygens (including phenoxy) is 3. The fraction of sp³-hybridized carbons (Fsp3) is 0.947. The molecule has 1 saturated carbocycles. The number of hydrogen-bond donors (Lipinski definition) is 2. The summed E-state index contributed by atoms with van der Waals surface area (Å²) in [6, 6.07) is 0. The minimum atomic E-state index is 0. The van der Waals surface area contributed by atoms with Crippen molar-refractivity contribution in [2.75, 3.05) is 53.2 Å². The zero-order chi connectivity index (χ0) is 17.8. The summed E-state index contributed by atoms with van der Waals surface area (Å²) < 4.78 is 16.4. The minimum absolute atomic E-state index is 0. The van der Waals surface area contributed by atoms with Crippen LogP contribution in [0.5, 0.6) is 0 Å². The highest BCUT2D eigenvalue weighted by Gasteiger charge is 2.33. The van der Waals surface area contributed by atoms with E-state index < -0.39 is 0 Å². The second kappa shape index (κ2) is 14.0. The molecule has 7 heteroatoms. The number of methoxy groups -OCH3 is 1. The molecule has 1 aliphatic heterocycles. The van der Waals surface area contributed by atoms with Gasteiger partial charge in [-0.2, -0.15) is 0 Å². The van der Waals surface area contributed by atoms with Gasteiger partial charge in [0.15, 0.2) is 5.96 Å². The Bertz CT molecular complexity index is 384. The molecule has 0 aromatic heterocycles. The van der Waals surface area contributed by atoms with Crippen LogP contribution in [0, 0.1) is 5.41 Å². The first-order valence-corrected chi connectivity index (χ1v) is 9.98. The smallest absolute Gasteiger partial charge is 0.191 e. The summed E-state index contributed by atoms with van der Waals surface area (Å²) in [5, 5.41) is 6.80. The number of guanidine groups is 1. The van der Waals surface area contributed by atoms with Gasteiger partial charge in [0.2, 0.25) is 0 Å². The zero-order valence-electron chi connectivity index (χ0n) is 16.6. The Balaban J connectivity index is 0.00000338. The van der Waals surface area contributed by atoms with Gasteiger partial charge in [-0.1, -0.05) is 12.8 Å². The Hall–Kier alpha value is -0.120. The Kier molecular flexibility index (Phi) is 12.8. The molecule has 0 radical (unpaired) electrons. The summed E-state index contributed by atoms with van der Waals surface area (Å²) in [4.78, 5) is 4.87. The topological polar surface area (TPSA) is 64.1 Å². The zero-order valence-corrected chi connectivity index (χ0v) is 18.9. The fourth-order valence-electron chi connectivity index (χ4n) is 3.69. The summed E-state index contributed by atoms with van der Waals surface area (Å²) in [5.74, 6) is 0.926. The van der Waals surface area contributed by atoms with Gasteiger partial charge in [0.05, 0.1) is 12.7 Å². The summed E-state index contributed by atoms with van der Waals surface area (Å²) in [6.45, 7) is 7.96. The summed E-state index contributed by atoms with van der Waals surface area (Å²) >= 11 is 0. The second-order valence-electron chi connectivity index (χ2n) is 7.28. The van der Waals surface area contributed by atoms with Crippen LogP contribution in [0.2, 0.25) is 0 Å². The van der Waals surface area contributed by atoms with E-state index >= 15 is 0 Å². The maximum absolute atomic E-state index is 5.81. The van der Waals surface area contributed by atoms with Crippen molar-refractivity contribution in [1.82, 2.24) is 10.6 Å². The quantitative estimate of drug-likeness (QED) is 0.205. The van der Waals surface area contributed by atoms with Crippen molar-refractivity contribution < 1.29 is 14.2 Å². The highest BCUT2D eigenvalue weighted by Crippen LogP contribution is 2.41. The molecule has 2 fully saturated rings. The van der Waals surface area contributed by atoms with Gasteiger partial charge in [0.25, 0.3) is 0 Å². The van der Waals surface area contributed by atoms with Crippen LogP contribution < -0.4 is 10.6 Å². The van der Waals surface area contributed by atoms with Crippen molar-refractivity contribution >= 4 is 29.9 Å². The van der Waals surface area contributed by atoms with Crippen molar-refractivity contribution in [3.05, 3.63) is 0 Å². The van der Waals surface area contributed by atoms with E-state index in [0.717, 1.165) is 71.3 Å². The first-order chi connectivity index (χ1) is 12.3. The number of nitrogens with zero attached hydrogens (tertiary/aromatic N) is 1. The van der Waals surface area contributed by atoms with Crippen molar-refractivity contribution in [3.63, 3.8) is 0 Å². The van der Waals surface area contributed by atoms with E-state index in [1.807, 2.05) is 0 Å². The molecule has 1 heterocycles. The van der Waals surface area contributed by atoms with Gasteiger partial charge in [-0.15, -0.1) is 24.0 Å². The van der Waals surface area contributed by atoms with E-state index in [4.69, 9.17) is 19.2 Å². The lowest BCUT2D eigenvalue weighted by molar-refractivity contribution is 0.0420. The third-order valence-electron chi connectivity index (χ3n) is 5.27. The van der Waals surface area contributed by atoms with E-state index in [-0.39, 0.29) is 24.0 Å². The number of rotatable bonds is 11. The molecule has 26 heavy (non-hydrogen) atoms. The molecule has 2 N–H and O–H groups in total. The van der Waals surface area contributed by atoms with E-state index in [1.54, 1.807) is 7.11 Å². The molecule has 0 aromatic carbocycles. The van der Waals surface area contributed by atoms with Crippen molar-refractivity contribution in [2.45, 2.75) is 58.0 Å². The molecular weight excluding hydrogens is 445 g/mol. The molecule has 1 atom stereocenters. The van der Waals surface area contributed by atoms with Crippen LogP contribution in [0.1, 0.15) is 51.9 Å². The van der Waals surface area contributed by atoms with Crippen LogP contribution in [0.4, 0.5) is 0 Å².